The fraction of sp³-hybridized carbons (Fsp3) is 0.550. The van der Waals surface area contributed by atoms with Crippen LogP contribution in [0.2, 0.25) is 0 Å². The lowest BCUT2D eigenvalue weighted by molar-refractivity contribution is -0.121. The largest absolute Gasteiger partial charge is 0.391 e. The van der Waals surface area contributed by atoms with Gasteiger partial charge < -0.3 is 10.6 Å². The molecule has 0 atom stereocenters. The van der Waals surface area contributed by atoms with Crippen LogP contribution in [0.15, 0.2) is 42.1 Å². The Labute approximate surface area is 141 Å². The summed E-state index contributed by atoms with van der Waals surface area (Å²) in [5.41, 5.74) is 2.68. The van der Waals surface area contributed by atoms with Crippen molar-refractivity contribution in [2.24, 2.45) is 0 Å². The fourth-order valence-corrected chi connectivity index (χ4v) is 2.45. The molecule has 0 aromatic heterocycles. The van der Waals surface area contributed by atoms with Crippen molar-refractivity contribution >= 4 is 5.91 Å². The summed E-state index contributed by atoms with van der Waals surface area (Å²) in [5.74, 6) is 0.185. The third-order valence-electron chi connectivity index (χ3n) is 3.86. The van der Waals surface area contributed by atoms with E-state index in [2.05, 4.69) is 54.8 Å². The molecule has 0 spiro atoms. The average molecular weight is 316 g/mol. The number of nitrogens with one attached hydrogen (secondary N) is 2. The van der Waals surface area contributed by atoms with Crippen molar-refractivity contribution in [2.45, 2.75) is 58.8 Å². The first-order valence-corrected chi connectivity index (χ1v) is 8.92. The predicted molar refractivity (Wildman–Crippen MR) is 98.3 cm³/mol. The number of amides is 1. The minimum Gasteiger partial charge on any atom is -0.391 e. The minimum atomic E-state index is 0.185. The average Bonchev–Trinajstić information content (AvgIpc) is 2.57. The molecule has 0 unspecified atom stereocenters. The minimum absolute atomic E-state index is 0.185. The molecular weight excluding hydrogens is 284 g/mol. The first-order valence-electron chi connectivity index (χ1n) is 8.92. The van der Waals surface area contributed by atoms with Crippen molar-refractivity contribution in [3.63, 3.8) is 0 Å². The summed E-state index contributed by atoms with van der Waals surface area (Å²) in [6.07, 6.45) is 9.28. The van der Waals surface area contributed by atoms with Gasteiger partial charge in [-0.2, -0.15) is 0 Å². The van der Waals surface area contributed by atoms with E-state index in [4.69, 9.17) is 0 Å². The van der Waals surface area contributed by atoms with E-state index in [-0.39, 0.29) is 5.91 Å². The Balaban J connectivity index is 1.95. The van der Waals surface area contributed by atoms with Gasteiger partial charge in [-0.25, -0.2) is 0 Å². The molecule has 3 nitrogen and oxygen atoms in total. The molecule has 0 heterocycles. The highest BCUT2D eigenvalue weighted by atomic mass is 16.1. The molecule has 1 rings (SSSR count). The number of carbonyl (C=O) groups excluding carboxylic acids is 1. The number of rotatable bonds is 12. The standard InChI is InChI=1S/C20H32N2O/c1-3-21-17-18(2)15-16-22-20(23)14-10-5-4-7-11-19-12-8-6-9-13-19/h6,8-9,12-13,17,21H,3-5,7,10-11,14-16H2,1-2H3,(H,22,23)/b18-17+. The van der Waals surface area contributed by atoms with Gasteiger partial charge in [0.2, 0.25) is 5.91 Å². The third kappa shape index (κ3) is 10.6. The summed E-state index contributed by atoms with van der Waals surface area (Å²) in [5, 5.41) is 6.18. The van der Waals surface area contributed by atoms with Crippen LogP contribution in [0.3, 0.4) is 0 Å². The lowest BCUT2D eigenvalue weighted by Gasteiger charge is -2.06. The quantitative estimate of drug-likeness (QED) is 0.567. The summed E-state index contributed by atoms with van der Waals surface area (Å²) in [6, 6.07) is 10.6. The molecule has 0 bridgehead atoms. The molecule has 23 heavy (non-hydrogen) atoms. The van der Waals surface area contributed by atoms with Crippen molar-refractivity contribution < 1.29 is 4.79 Å². The SMILES string of the molecule is CCN/C=C(\C)CCNC(=O)CCCCCCc1ccccc1. The van der Waals surface area contributed by atoms with Gasteiger partial charge in [-0.05, 0) is 51.3 Å². The molecular formula is C20H32N2O. The monoisotopic (exact) mass is 316 g/mol. The second kappa shape index (κ2) is 12.7. The zero-order chi connectivity index (χ0) is 16.8. The maximum atomic E-state index is 11.7. The van der Waals surface area contributed by atoms with Gasteiger partial charge >= 0.3 is 0 Å². The predicted octanol–water partition coefficient (Wildman–Crippen LogP) is 4.20. The van der Waals surface area contributed by atoms with Gasteiger partial charge in [0.15, 0.2) is 0 Å². The molecule has 1 aromatic rings. The Bertz CT molecular complexity index is 454. The van der Waals surface area contributed by atoms with Gasteiger partial charge in [0, 0.05) is 19.5 Å². The number of hydrogen-bond acceptors (Lipinski definition) is 2. The molecule has 1 aromatic carbocycles. The van der Waals surface area contributed by atoms with E-state index in [0.717, 1.165) is 38.8 Å². The van der Waals surface area contributed by atoms with Crippen molar-refractivity contribution in [3.05, 3.63) is 47.7 Å². The van der Waals surface area contributed by atoms with E-state index in [9.17, 15) is 4.79 Å². The van der Waals surface area contributed by atoms with Crippen LogP contribution >= 0.6 is 0 Å². The molecule has 0 fully saturated rings. The summed E-state index contributed by atoms with van der Waals surface area (Å²) in [6.45, 7) is 5.83. The molecule has 0 aliphatic carbocycles. The lowest BCUT2D eigenvalue weighted by Crippen LogP contribution is -2.24. The Hall–Kier alpha value is -1.77. The number of benzene rings is 1. The Morgan fingerprint density at radius 2 is 1.78 bits per heavy atom. The number of hydrogen-bond donors (Lipinski definition) is 2. The molecule has 3 heteroatoms. The smallest absolute Gasteiger partial charge is 0.220 e. The van der Waals surface area contributed by atoms with E-state index in [1.54, 1.807) is 0 Å². The Morgan fingerprint density at radius 1 is 1.04 bits per heavy atom. The van der Waals surface area contributed by atoms with E-state index >= 15 is 0 Å². The summed E-state index contributed by atoms with van der Waals surface area (Å²) in [7, 11) is 0. The van der Waals surface area contributed by atoms with Crippen LogP contribution < -0.4 is 10.6 Å². The summed E-state index contributed by atoms with van der Waals surface area (Å²) >= 11 is 0. The van der Waals surface area contributed by atoms with E-state index in [1.807, 2.05) is 6.20 Å². The number of carbonyl (C=O) groups is 1. The molecule has 0 saturated heterocycles. The maximum absolute atomic E-state index is 11.7. The highest BCUT2D eigenvalue weighted by Crippen LogP contribution is 2.08. The van der Waals surface area contributed by atoms with Crippen LogP contribution in [0, 0.1) is 0 Å². The van der Waals surface area contributed by atoms with Crippen LogP contribution in [-0.4, -0.2) is 19.0 Å². The highest BCUT2D eigenvalue weighted by molar-refractivity contribution is 5.75. The van der Waals surface area contributed by atoms with Crippen molar-refractivity contribution in [1.29, 1.82) is 0 Å². The maximum Gasteiger partial charge on any atom is 0.220 e. The van der Waals surface area contributed by atoms with Crippen molar-refractivity contribution in [3.8, 4) is 0 Å². The number of aryl methyl sites for hydroxylation is 1. The first kappa shape index (κ1) is 19.3. The van der Waals surface area contributed by atoms with Crippen molar-refractivity contribution in [2.75, 3.05) is 13.1 Å². The Morgan fingerprint density at radius 3 is 2.52 bits per heavy atom. The second-order valence-corrected chi connectivity index (χ2v) is 6.05. The fourth-order valence-electron chi connectivity index (χ4n) is 2.45. The molecule has 0 aliphatic rings. The first-order chi connectivity index (χ1) is 11.2. The van der Waals surface area contributed by atoms with Gasteiger partial charge in [-0.15, -0.1) is 0 Å². The zero-order valence-corrected chi connectivity index (χ0v) is 14.7. The topological polar surface area (TPSA) is 41.1 Å². The van der Waals surface area contributed by atoms with Crippen LogP contribution in [0.1, 0.15) is 57.9 Å². The second-order valence-electron chi connectivity index (χ2n) is 6.05. The molecule has 2 N–H and O–H groups in total. The lowest BCUT2D eigenvalue weighted by atomic mass is 10.1. The zero-order valence-electron chi connectivity index (χ0n) is 14.7. The number of unbranched alkanes of at least 4 members (excludes halogenated alkanes) is 3. The molecule has 0 aliphatic heterocycles. The van der Waals surface area contributed by atoms with Crippen LogP contribution in [0.4, 0.5) is 0 Å². The molecule has 1 amide bonds. The van der Waals surface area contributed by atoms with E-state index in [0.29, 0.717) is 6.42 Å². The molecule has 128 valence electrons. The summed E-state index contributed by atoms with van der Waals surface area (Å²) < 4.78 is 0. The van der Waals surface area contributed by atoms with Crippen LogP contribution in [-0.2, 0) is 11.2 Å². The van der Waals surface area contributed by atoms with Gasteiger partial charge in [0.1, 0.15) is 0 Å². The van der Waals surface area contributed by atoms with E-state index < -0.39 is 0 Å². The summed E-state index contributed by atoms with van der Waals surface area (Å²) in [4.78, 5) is 11.7. The third-order valence-corrected chi connectivity index (χ3v) is 3.86. The van der Waals surface area contributed by atoms with Gasteiger partial charge in [0.05, 0.1) is 0 Å². The molecule has 0 saturated carbocycles. The van der Waals surface area contributed by atoms with Crippen molar-refractivity contribution in [1.82, 2.24) is 10.6 Å². The Kier molecular flexibility index (Phi) is 10.7. The normalized spacial score (nSPS) is 11.3. The van der Waals surface area contributed by atoms with Crippen LogP contribution in [0.25, 0.3) is 0 Å². The van der Waals surface area contributed by atoms with Gasteiger partial charge in [-0.1, -0.05) is 48.7 Å². The highest BCUT2D eigenvalue weighted by Gasteiger charge is 2.01. The van der Waals surface area contributed by atoms with Gasteiger partial charge in [-0.3, -0.25) is 4.79 Å². The molecule has 0 radical (unpaired) electrons. The van der Waals surface area contributed by atoms with Gasteiger partial charge in [0.25, 0.3) is 0 Å². The van der Waals surface area contributed by atoms with Crippen LogP contribution in [0.5, 0.6) is 0 Å². The van der Waals surface area contributed by atoms with E-state index in [1.165, 1.54) is 24.0 Å².